The molecular weight excluding hydrogens is 207 g/mol. The largest absolute Gasteiger partial charge is 0.494 e. The third-order valence-corrected chi connectivity index (χ3v) is 3.02. The summed E-state index contributed by atoms with van der Waals surface area (Å²) in [5, 5.41) is 9.23. The minimum absolute atomic E-state index is 0.144. The molecule has 0 amide bonds. The summed E-state index contributed by atoms with van der Waals surface area (Å²) in [6.45, 7) is 0.144. The zero-order chi connectivity index (χ0) is 11.5. The molecule has 3 heteroatoms. The van der Waals surface area contributed by atoms with Crippen molar-refractivity contribution in [3.8, 4) is 5.75 Å². The fraction of sp³-hybridized carbons (Fsp3) is 0.385. The summed E-state index contributed by atoms with van der Waals surface area (Å²) in [4.78, 5) is 0. The normalized spacial score (nSPS) is 19.7. The third-order valence-electron chi connectivity index (χ3n) is 3.02. The lowest BCUT2D eigenvalue weighted by molar-refractivity contribution is 0.255. The van der Waals surface area contributed by atoms with E-state index < -0.39 is 0 Å². The van der Waals surface area contributed by atoms with Crippen LogP contribution >= 0.6 is 0 Å². The van der Waals surface area contributed by atoms with Crippen molar-refractivity contribution in [1.29, 1.82) is 0 Å². The molecule has 0 spiro atoms. The fourth-order valence-electron chi connectivity index (χ4n) is 2.14. The Balaban J connectivity index is 2.34. The van der Waals surface area contributed by atoms with Crippen LogP contribution in [0.25, 0.3) is 5.57 Å². The number of rotatable bonds is 3. The van der Waals surface area contributed by atoms with Gasteiger partial charge in [0, 0.05) is 12.5 Å². The van der Waals surface area contributed by atoms with E-state index >= 15 is 0 Å². The van der Waals surface area contributed by atoms with Gasteiger partial charge in [0.15, 0.2) is 11.6 Å². The minimum Gasteiger partial charge on any atom is -0.494 e. The van der Waals surface area contributed by atoms with Crippen LogP contribution in [0.1, 0.15) is 18.4 Å². The second-order valence-corrected chi connectivity index (χ2v) is 3.97. The van der Waals surface area contributed by atoms with Gasteiger partial charge in [-0.2, -0.15) is 0 Å². The Morgan fingerprint density at radius 3 is 3.00 bits per heavy atom. The highest BCUT2D eigenvalue weighted by atomic mass is 19.1. The van der Waals surface area contributed by atoms with Gasteiger partial charge >= 0.3 is 0 Å². The van der Waals surface area contributed by atoms with Crippen LogP contribution in [0.15, 0.2) is 24.3 Å². The van der Waals surface area contributed by atoms with E-state index in [-0.39, 0.29) is 24.1 Å². The minimum atomic E-state index is -0.356. The molecule has 1 aliphatic carbocycles. The van der Waals surface area contributed by atoms with Crippen molar-refractivity contribution in [2.24, 2.45) is 5.92 Å². The highest BCUT2D eigenvalue weighted by Crippen LogP contribution is 2.35. The van der Waals surface area contributed by atoms with E-state index in [0.717, 1.165) is 24.0 Å². The molecule has 1 unspecified atom stereocenters. The van der Waals surface area contributed by atoms with Crippen LogP contribution in [-0.4, -0.2) is 18.8 Å². The number of benzene rings is 1. The Kier molecular flexibility index (Phi) is 3.25. The number of methoxy groups -OCH3 is 1. The smallest absolute Gasteiger partial charge is 0.165 e. The predicted octanol–water partition coefficient (Wildman–Crippen LogP) is 2.62. The molecule has 1 N–H and O–H groups in total. The van der Waals surface area contributed by atoms with E-state index in [1.54, 1.807) is 12.1 Å². The van der Waals surface area contributed by atoms with Gasteiger partial charge in [-0.05, 0) is 36.1 Å². The van der Waals surface area contributed by atoms with Crippen LogP contribution in [0, 0.1) is 11.7 Å². The monoisotopic (exact) mass is 222 g/mol. The number of ether oxygens (including phenoxy) is 1. The van der Waals surface area contributed by atoms with Crippen molar-refractivity contribution in [1.82, 2.24) is 0 Å². The SMILES string of the molecule is COc1cc(C2=CCCC2CO)ccc1F. The number of hydrogen-bond acceptors (Lipinski definition) is 2. The Morgan fingerprint density at radius 2 is 2.31 bits per heavy atom. The summed E-state index contributed by atoms with van der Waals surface area (Å²) < 4.78 is 18.2. The molecule has 0 heterocycles. The molecule has 0 bridgehead atoms. The number of aliphatic hydroxyl groups excluding tert-OH is 1. The van der Waals surface area contributed by atoms with Crippen LogP contribution in [0.2, 0.25) is 0 Å². The summed E-state index contributed by atoms with van der Waals surface area (Å²) in [6, 6.07) is 4.83. The molecule has 1 aromatic rings. The predicted molar refractivity (Wildman–Crippen MR) is 60.7 cm³/mol. The summed E-state index contributed by atoms with van der Waals surface area (Å²) in [6.07, 6.45) is 4.04. The van der Waals surface area contributed by atoms with Crippen LogP contribution in [-0.2, 0) is 0 Å². The standard InChI is InChI=1S/C13H15FO2/c1-16-13-7-9(5-6-12(13)14)11-4-2-3-10(11)8-15/h4-7,10,15H,2-3,8H2,1H3. The maximum absolute atomic E-state index is 13.2. The van der Waals surface area contributed by atoms with E-state index in [0.29, 0.717) is 0 Å². The number of aliphatic hydroxyl groups is 1. The Bertz CT molecular complexity index is 412. The Hall–Kier alpha value is -1.35. The average molecular weight is 222 g/mol. The molecule has 2 rings (SSSR count). The summed E-state index contributed by atoms with van der Waals surface area (Å²) in [7, 11) is 1.45. The first kappa shape index (κ1) is 11.1. The van der Waals surface area contributed by atoms with E-state index in [9.17, 15) is 9.50 Å². The van der Waals surface area contributed by atoms with Crippen molar-refractivity contribution in [3.05, 3.63) is 35.7 Å². The molecule has 86 valence electrons. The van der Waals surface area contributed by atoms with Gasteiger partial charge in [-0.25, -0.2) is 4.39 Å². The van der Waals surface area contributed by atoms with Gasteiger partial charge < -0.3 is 9.84 Å². The zero-order valence-electron chi connectivity index (χ0n) is 9.24. The number of hydrogen-bond donors (Lipinski definition) is 1. The lowest BCUT2D eigenvalue weighted by Gasteiger charge is -2.13. The summed E-state index contributed by atoms with van der Waals surface area (Å²) in [5.41, 5.74) is 2.04. The number of halogens is 1. The summed E-state index contributed by atoms with van der Waals surface area (Å²) >= 11 is 0. The van der Waals surface area contributed by atoms with Gasteiger partial charge in [-0.1, -0.05) is 12.1 Å². The molecule has 2 nitrogen and oxygen atoms in total. The lowest BCUT2D eigenvalue weighted by atomic mass is 9.95. The van der Waals surface area contributed by atoms with Gasteiger partial charge in [0.1, 0.15) is 0 Å². The second kappa shape index (κ2) is 4.66. The molecule has 1 aliphatic rings. The van der Waals surface area contributed by atoms with Crippen molar-refractivity contribution in [3.63, 3.8) is 0 Å². The highest BCUT2D eigenvalue weighted by Gasteiger charge is 2.20. The van der Waals surface area contributed by atoms with Crippen molar-refractivity contribution < 1.29 is 14.2 Å². The van der Waals surface area contributed by atoms with Crippen LogP contribution in [0.5, 0.6) is 5.75 Å². The van der Waals surface area contributed by atoms with Crippen LogP contribution in [0.4, 0.5) is 4.39 Å². The van der Waals surface area contributed by atoms with Crippen LogP contribution < -0.4 is 4.74 Å². The van der Waals surface area contributed by atoms with Gasteiger partial charge in [0.2, 0.25) is 0 Å². The second-order valence-electron chi connectivity index (χ2n) is 3.97. The van der Waals surface area contributed by atoms with Crippen molar-refractivity contribution in [2.75, 3.05) is 13.7 Å². The van der Waals surface area contributed by atoms with Crippen LogP contribution in [0.3, 0.4) is 0 Å². The Labute approximate surface area is 94.4 Å². The molecule has 0 saturated carbocycles. The molecule has 16 heavy (non-hydrogen) atoms. The number of allylic oxidation sites excluding steroid dienone is 1. The van der Waals surface area contributed by atoms with Crippen molar-refractivity contribution in [2.45, 2.75) is 12.8 Å². The molecular formula is C13H15FO2. The summed E-state index contributed by atoms with van der Waals surface area (Å²) in [5.74, 6) is 0.0718. The van der Waals surface area contributed by atoms with E-state index in [4.69, 9.17) is 4.74 Å². The molecule has 1 aromatic carbocycles. The lowest BCUT2D eigenvalue weighted by Crippen LogP contribution is -2.04. The first-order valence-corrected chi connectivity index (χ1v) is 5.41. The molecule has 0 aliphatic heterocycles. The zero-order valence-corrected chi connectivity index (χ0v) is 9.24. The van der Waals surface area contributed by atoms with Crippen molar-refractivity contribution >= 4 is 5.57 Å². The maximum Gasteiger partial charge on any atom is 0.165 e. The van der Waals surface area contributed by atoms with Gasteiger partial charge in [-0.15, -0.1) is 0 Å². The van der Waals surface area contributed by atoms with E-state index in [1.165, 1.54) is 13.2 Å². The third kappa shape index (κ3) is 1.95. The highest BCUT2D eigenvalue weighted by molar-refractivity contribution is 5.70. The molecule has 0 radical (unpaired) electrons. The molecule has 1 atom stereocenters. The maximum atomic E-state index is 13.2. The van der Waals surface area contributed by atoms with Gasteiger partial charge in [0.05, 0.1) is 7.11 Å². The molecule has 0 saturated heterocycles. The van der Waals surface area contributed by atoms with Gasteiger partial charge in [-0.3, -0.25) is 0 Å². The van der Waals surface area contributed by atoms with Gasteiger partial charge in [0.25, 0.3) is 0 Å². The quantitative estimate of drug-likeness (QED) is 0.851. The topological polar surface area (TPSA) is 29.5 Å². The Morgan fingerprint density at radius 1 is 1.50 bits per heavy atom. The average Bonchev–Trinajstić information content (AvgIpc) is 2.78. The fourth-order valence-corrected chi connectivity index (χ4v) is 2.14. The van der Waals surface area contributed by atoms with E-state index in [2.05, 4.69) is 6.08 Å². The molecule has 0 aromatic heterocycles. The molecule has 0 fully saturated rings. The first-order valence-electron chi connectivity index (χ1n) is 5.41. The van der Waals surface area contributed by atoms with E-state index in [1.807, 2.05) is 0 Å². The first-order chi connectivity index (χ1) is 7.76.